The fourth-order valence-corrected chi connectivity index (χ4v) is 2.56. The predicted octanol–water partition coefficient (Wildman–Crippen LogP) is 2.17. The van der Waals surface area contributed by atoms with Crippen molar-refractivity contribution in [1.82, 2.24) is 5.32 Å². The van der Waals surface area contributed by atoms with Crippen molar-refractivity contribution in [1.29, 1.82) is 0 Å². The molecule has 0 aromatic heterocycles. The minimum atomic E-state index is 0.685. The minimum absolute atomic E-state index is 0.685. The van der Waals surface area contributed by atoms with Gasteiger partial charge in [0, 0.05) is 12.6 Å². The zero-order valence-electron chi connectivity index (χ0n) is 7.14. The Morgan fingerprint density at radius 1 is 1.25 bits per heavy atom. The lowest BCUT2D eigenvalue weighted by Gasteiger charge is -2.21. The molecule has 0 saturated heterocycles. The van der Waals surface area contributed by atoms with Crippen molar-refractivity contribution in [2.24, 2.45) is 0 Å². The molecule has 0 bridgehead atoms. The first-order valence-corrected chi connectivity index (χ1v) is 4.79. The van der Waals surface area contributed by atoms with Crippen molar-refractivity contribution >= 4 is 0 Å². The third-order valence-electron chi connectivity index (χ3n) is 3.11. The van der Waals surface area contributed by atoms with Crippen molar-refractivity contribution in [2.75, 3.05) is 0 Å². The molecular formula is C11H13N. The fraction of sp³-hybridized carbons (Fsp3) is 0.455. The maximum absolute atomic E-state index is 3.56. The highest BCUT2D eigenvalue weighted by molar-refractivity contribution is 5.42. The summed E-state index contributed by atoms with van der Waals surface area (Å²) in [5.41, 5.74) is 4.76. The molecule has 0 amide bonds. The summed E-state index contributed by atoms with van der Waals surface area (Å²) in [5.74, 6) is 0. The standard InChI is InChI=1S/C11H13N/c1-3-8-4-2-6-10-11(8)9(5-1)7-12-10/h1,3,5,10,12H,2,4,6-7H2. The van der Waals surface area contributed by atoms with E-state index < -0.39 is 0 Å². The first-order chi connectivity index (χ1) is 5.95. The lowest BCUT2D eigenvalue weighted by Crippen LogP contribution is -2.16. The van der Waals surface area contributed by atoms with Crippen molar-refractivity contribution < 1.29 is 0 Å². The molecule has 1 unspecified atom stereocenters. The van der Waals surface area contributed by atoms with E-state index in [9.17, 15) is 0 Å². The van der Waals surface area contributed by atoms with Crippen LogP contribution in [0, 0.1) is 0 Å². The Hall–Kier alpha value is -0.820. The Kier molecular flexibility index (Phi) is 1.30. The van der Waals surface area contributed by atoms with E-state index in [-0.39, 0.29) is 0 Å². The van der Waals surface area contributed by atoms with Crippen LogP contribution in [0.1, 0.15) is 35.6 Å². The molecule has 0 fully saturated rings. The highest BCUT2D eigenvalue weighted by Crippen LogP contribution is 2.36. The maximum Gasteiger partial charge on any atom is 0.0329 e. The lowest BCUT2D eigenvalue weighted by molar-refractivity contribution is 0.498. The van der Waals surface area contributed by atoms with Gasteiger partial charge in [0.2, 0.25) is 0 Å². The first kappa shape index (κ1) is 6.67. The quantitative estimate of drug-likeness (QED) is 0.611. The highest BCUT2D eigenvalue weighted by Gasteiger charge is 2.26. The van der Waals surface area contributed by atoms with E-state index in [4.69, 9.17) is 0 Å². The molecule has 1 heteroatoms. The summed E-state index contributed by atoms with van der Waals surface area (Å²) in [4.78, 5) is 0. The van der Waals surface area contributed by atoms with Crippen LogP contribution in [0.25, 0.3) is 0 Å². The monoisotopic (exact) mass is 159 g/mol. The molecule has 62 valence electrons. The van der Waals surface area contributed by atoms with Crippen LogP contribution >= 0.6 is 0 Å². The molecule has 1 heterocycles. The van der Waals surface area contributed by atoms with Crippen molar-refractivity contribution in [3.05, 3.63) is 34.9 Å². The van der Waals surface area contributed by atoms with Crippen LogP contribution in [0.2, 0.25) is 0 Å². The molecule has 1 aliphatic carbocycles. The lowest BCUT2D eigenvalue weighted by atomic mass is 9.87. The number of hydrogen-bond donors (Lipinski definition) is 1. The summed E-state index contributed by atoms with van der Waals surface area (Å²) in [7, 11) is 0. The largest absolute Gasteiger partial charge is 0.306 e. The number of nitrogens with one attached hydrogen (secondary N) is 1. The van der Waals surface area contributed by atoms with Gasteiger partial charge in [-0.25, -0.2) is 0 Å². The van der Waals surface area contributed by atoms with Crippen molar-refractivity contribution in [3.8, 4) is 0 Å². The molecule has 1 atom stereocenters. The summed E-state index contributed by atoms with van der Waals surface area (Å²) >= 11 is 0. The van der Waals surface area contributed by atoms with Gasteiger partial charge >= 0.3 is 0 Å². The summed E-state index contributed by atoms with van der Waals surface area (Å²) in [6.07, 6.45) is 3.99. The van der Waals surface area contributed by atoms with Crippen LogP contribution in [0.15, 0.2) is 18.2 Å². The number of aryl methyl sites for hydroxylation is 1. The molecule has 1 aromatic carbocycles. The Morgan fingerprint density at radius 3 is 3.17 bits per heavy atom. The topological polar surface area (TPSA) is 12.0 Å². The van der Waals surface area contributed by atoms with Gasteiger partial charge in [-0.15, -0.1) is 0 Å². The summed E-state index contributed by atoms with van der Waals surface area (Å²) < 4.78 is 0. The zero-order valence-corrected chi connectivity index (χ0v) is 7.14. The third-order valence-corrected chi connectivity index (χ3v) is 3.11. The molecule has 3 rings (SSSR count). The maximum atomic E-state index is 3.56. The molecular weight excluding hydrogens is 146 g/mol. The molecule has 1 aliphatic heterocycles. The van der Waals surface area contributed by atoms with Gasteiger partial charge in [0.15, 0.2) is 0 Å². The van der Waals surface area contributed by atoms with E-state index in [1.165, 1.54) is 24.8 Å². The Labute approximate surface area is 72.8 Å². The van der Waals surface area contributed by atoms with Crippen molar-refractivity contribution in [2.45, 2.75) is 31.8 Å². The molecule has 1 aromatic rings. The van der Waals surface area contributed by atoms with E-state index in [1.807, 2.05) is 0 Å². The van der Waals surface area contributed by atoms with E-state index >= 15 is 0 Å². The highest BCUT2D eigenvalue weighted by atomic mass is 14.9. The Balaban J connectivity index is 2.23. The van der Waals surface area contributed by atoms with E-state index in [0.29, 0.717) is 6.04 Å². The van der Waals surface area contributed by atoms with E-state index in [0.717, 1.165) is 6.54 Å². The molecule has 1 N–H and O–H groups in total. The van der Waals surface area contributed by atoms with Gasteiger partial charge in [-0.2, -0.15) is 0 Å². The van der Waals surface area contributed by atoms with Crippen LogP contribution in [0.4, 0.5) is 0 Å². The summed E-state index contributed by atoms with van der Waals surface area (Å²) in [6.45, 7) is 1.09. The number of hydrogen-bond acceptors (Lipinski definition) is 1. The fourth-order valence-electron chi connectivity index (χ4n) is 2.56. The van der Waals surface area contributed by atoms with Crippen LogP contribution in [-0.4, -0.2) is 0 Å². The molecule has 0 saturated carbocycles. The second kappa shape index (κ2) is 2.33. The molecule has 12 heavy (non-hydrogen) atoms. The van der Waals surface area contributed by atoms with Crippen molar-refractivity contribution in [3.63, 3.8) is 0 Å². The molecule has 0 spiro atoms. The normalized spacial score (nSPS) is 25.5. The van der Waals surface area contributed by atoms with Gasteiger partial charge in [0.05, 0.1) is 0 Å². The average molecular weight is 159 g/mol. The van der Waals surface area contributed by atoms with E-state index in [2.05, 4.69) is 23.5 Å². The third kappa shape index (κ3) is 0.774. The first-order valence-electron chi connectivity index (χ1n) is 4.79. The average Bonchev–Trinajstić information content (AvgIpc) is 2.52. The van der Waals surface area contributed by atoms with Crippen LogP contribution in [0.5, 0.6) is 0 Å². The van der Waals surface area contributed by atoms with Gasteiger partial charge in [-0.1, -0.05) is 18.2 Å². The minimum Gasteiger partial charge on any atom is -0.306 e. The van der Waals surface area contributed by atoms with E-state index in [1.54, 1.807) is 11.1 Å². The van der Waals surface area contributed by atoms with Gasteiger partial charge < -0.3 is 5.32 Å². The second-order valence-electron chi connectivity index (χ2n) is 3.82. The zero-order chi connectivity index (χ0) is 7.97. The Morgan fingerprint density at radius 2 is 2.17 bits per heavy atom. The summed E-state index contributed by atoms with van der Waals surface area (Å²) in [6, 6.07) is 7.43. The van der Waals surface area contributed by atoms with Gasteiger partial charge in [-0.3, -0.25) is 0 Å². The predicted molar refractivity (Wildman–Crippen MR) is 49.0 cm³/mol. The van der Waals surface area contributed by atoms with Crippen LogP contribution < -0.4 is 5.32 Å². The molecule has 2 aliphatic rings. The summed E-state index contributed by atoms with van der Waals surface area (Å²) in [5, 5.41) is 3.56. The number of rotatable bonds is 0. The van der Waals surface area contributed by atoms with Crippen LogP contribution in [0.3, 0.4) is 0 Å². The second-order valence-corrected chi connectivity index (χ2v) is 3.82. The molecule has 1 nitrogen and oxygen atoms in total. The van der Waals surface area contributed by atoms with Gasteiger partial charge in [0.1, 0.15) is 0 Å². The van der Waals surface area contributed by atoms with Gasteiger partial charge in [-0.05, 0) is 36.0 Å². The Bertz CT molecular complexity index is 317. The van der Waals surface area contributed by atoms with Gasteiger partial charge in [0.25, 0.3) is 0 Å². The van der Waals surface area contributed by atoms with Crippen LogP contribution in [-0.2, 0) is 13.0 Å². The smallest absolute Gasteiger partial charge is 0.0329 e. The number of benzene rings is 1. The molecule has 0 radical (unpaired) electrons. The SMILES string of the molecule is c1cc2c3c(c1)CNC3CCC2.